The number of hydrogen-bond donors (Lipinski definition) is 0. The third-order valence-corrected chi connectivity index (χ3v) is 5.77. The molecule has 1 amide bonds. The minimum atomic E-state index is 0.0231. The van der Waals surface area contributed by atoms with Gasteiger partial charge in [-0.15, -0.1) is 5.10 Å². The molecule has 0 spiro atoms. The topological polar surface area (TPSA) is 63.5 Å². The highest BCUT2D eigenvalue weighted by Gasteiger charge is 2.25. The number of carbonyl (C=O) groups excluding carboxylic acids is 1. The average Bonchev–Trinajstić information content (AvgIpc) is 3.24. The predicted molar refractivity (Wildman–Crippen MR) is 106 cm³/mol. The van der Waals surface area contributed by atoms with Gasteiger partial charge in [0.2, 0.25) is 0 Å². The summed E-state index contributed by atoms with van der Waals surface area (Å²) in [6.45, 7) is 4.55. The number of aromatic nitrogens is 3. The summed E-state index contributed by atoms with van der Waals surface area (Å²) in [4.78, 5) is 17.0. The lowest BCUT2D eigenvalue weighted by atomic mass is 10.0. The normalized spacial score (nSPS) is 20.9. The molecule has 0 saturated carbocycles. The van der Waals surface area contributed by atoms with Crippen molar-refractivity contribution in [1.82, 2.24) is 24.8 Å². The Hall–Kier alpha value is -2.41. The van der Waals surface area contributed by atoms with E-state index in [4.69, 9.17) is 4.74 Å². The van der Waals surface area contributed by atoms with Crippen LogP contribution in [-0.4, -0.2) is 64.0 Å². The highest BCUT2D eigenvalue weighted by molar-refractivity contribution is 5.91. The number of amides is 1. The monoisotopic (exact) mass is 383 g/mol. The van der Waals surface area contributed by atoms with E-state index in [9.17, 15) is 4.79 Å². The van der Waals surface area contributed by atoms with E-state index in [0.717, 1.165) is 64.2 Å². The van der Waals surface area contributed by atoms with E-state index in [0.29, 0.717) is 5.69 Å². The molecule has 7 nitrogen and oxygen atoms in total. The van der Waals surface area contributed by atoms with Crippen molar-refractivity contribution in [3.63, 3.8) is 0 Å². The predicted octanol–water partition coefficient (Wildman–Crippen LogP) is 2.75. The maximum Gasteiger partial charge on any atom is 0.276 e. The van der Waals surface area contributed by atoms with Crippen molar-refractivity contribution < 1.29 is 9.53 Å². The van der Waals surface area contributed by atoms with Crippen LogP contribution < -0.4 is 4.74 Å². The average molecular weight is 383 g/mol. The number of piperidine rings is 2. The van der Waals surface area contributed by atoms with Crippen molar-refractivity contribution in [2.45, 2.75) is 44.7 Å². The van der Waals surface area contributed by atoms with Crippen LogP contribution in [-0.2, 0) is 6.54 Å². The number of ether oxygens (including phenoxy) is 1. The molecule has 1 unspecified atom stereocenters. The van der Waals surface area contributed by atoms with Crippen molar-refractivity contribution in [2.75, 3.05) is 33.3 Å². The standard InChI is InChI=1S/C21H29N5O2/c1-28-19-9-5-7-17(13-19)14-24-10-6-8-18(15-24)26-16-20(22-23-26)21(27)25-11-3-2-4-12-25/h5,7,9,13,16,18H,2-4,6,8,10-12,14-15H2,1H3. The maximum absolute atomic E-state index is 12.6. The van der Waals surface area contributed by atoms with Gasteiger partial charge in [0, 0.05) is 26.2 Å². The zero-order valence-electron chi connectivity index (χ0n) is 16.6. The summed E-state index contributed by atoms with van der Waals surface area (Å²) in [6.07, 6.45) is 7.40. The molecular formula is C21H29N5O2. The molecule has 2 aliphatic heterocycles. The van der Waals surface area contributed by atoms with Crippen LogP contribution in [0.3, 0.4) is 0 Å². The zero-order chi connectivity index (χ0) is 19.3. The number of nitrogens with zero attached hydrogens (tertiary/aromatic N) is 5. The second-order valence-corrected chi connectivity index (χ2v) is 7.82. The van der Waals surface area contributed by atoms with Crippen LogP contribution in [0.15, 0.2) is 30.5 Å². The van der Waals surface area contributed by atoms with Crippen molar-refractivity contribution in [3.05, 3.63) is 41.7 Å². The van der Waals surface area contributed by atoms with Gasteiger partial charge < -0.3 is 9.64 Å². The molecule has 0 aliphatic carbocycles. The fourth-order valence-electron chi connectivity index (χ4n) is 4.23. The third kappa shape index (κ3) is 4.35. The van der Waals surface area contributed by atoms with Crippen molar-refractivity contribution in [1.29, 1.82) is 0 Å². The molecule has 2 aromatic rings. The summed E-state index contributed by atoms with van der Waals surface area (Å²) < 4.78 is 7.23. The van der Waals surface area contributed by atoms with E-state index in [1.165, 1.54) is 12.0 Å². The molecule has 7 heteroatoms. The minimum absolute atomic E-state index is 0.0231. The molecule has 2 fully saturated rings. The second-order valence-electron chi connectivity index (χ2n) is 7.82. The number of rotatable bonds is 5. The first kappa shape index (κ1) is 18.9. The molecule has 2 saturated heterocycles. The Bertz CT molecular complexity index is 800. The van der Waals surface area contributed by atoms with E-state index in [2.05, 4.69) is 27.3 Å². The van der Waals surface area contributed by atoms with Gasteiger partial charge in [-0.2, -0.15) is 0 Å². The Balaban J connectivity index is 1.39. The van der Waals surface area contributed by atoms with E-state index in [1.807, 2.05) is 27.9 Å². The van der Waals surface area contributed by atoms with Gasteiger partial charge in [-0.1, -0.05) is 17.3 Å². The summed E-state index contributed by atoms with van der Waals surface area (Å²) in [5.41, 5.74) is 1.73. The molecule has 0 radical (unpaired) electrons. The van der Waals surface area contributed by atoms with Crippen molar-refractivity contribution >= 4 is 5.91 Å². The minimum Gasteiger partial charge on any atom is -0.497 e. The first-order chi connectivity index (χ1) is 13.7. The number of likely N-dealkylation sites (tertiary alicyclic amines) is 2. The van der Waals surface area contributed by atoms with Gasteiger partial charge in [0.15, 0.2) is 5.69 Å². The fraction of sp³-hybridized carbons (Fsp3) is 0.571. The van der Waals surface area contributed by atoms with Crippen LogP contribution in [0.2, 0.25) is 0 Å². The molecule has 150 valence electrons. The SMILES string of the molecule is COc1cccc(CN2CCCC(n3cc(C(=O)N4CCCCC4)nn3)C2)c1. The molecule has 3 heterocycles. The van der Waals surface area contributed by atoms with Crippen LogP contribution >= 0.6 is 0 Å². The molecule has 28 heavy (non-hydrogen) atoms. The van der Waals surface area contributed by atoms with Gasteiger partial charge in [0.05, 0.1) is 19.3 Å². The molecule has 1 aromatic carbocycles. The lowest BCUT2D eigenvalue weighted by molar-refractivity contribution is 0.0718. The smallest absolute Gasteiger partial charge is 0.276 e. The quantitative estimate of drug-likeness (QED) is 0.794. The number of benzene rings is 1. The van der Waals surface area contributed by atoms with Crippen molar-refractivity contribution in [2.24, 2.45) is 0 Å². The number of hydrogen-bond acceptors (Lipinski definition) is 5. The summed E-state index contributed by atoms with van der Waals surface area (Å²) in [5, 5.41) is 8.48. The van der Waals surface area contributed by atoms with Gasteiger partial charge in [-0.25, -0.2) is 4.68 Å². The lowest BCUT2D eigenvalue weighted by Gasteiger charge is -2.32. The second kappa shape index (κ2) is 8.73. The maximum atomic E-state index is 12.6. The van der Waals surface area contributed by atoms with E-state index < -0.39 is 0 Å². The van der Waals surface area contributed by atoms with Gasteiger partial charge in [0.1, 0.15) is 5.75 Å². The lowest BCUT2D eigenvalue weighted by Crippen LogP contribution is -2.36. The van der Waals surface area contributed by atoms with Crippen LogP contribution in [0.5, 0.6) is 5.75 Å². The third-order valence-electron chi connectivity index (χ3n) is 5.77. The molecule has 0 N–H and O–H groups in total. The van der Waals surface area contributed by atoms with Gasteiger partial charge in [-0.3, -0.25) is 9.69 Å². The molecule has 1 atom stereocenters. The highest BCUT2D eigenvalue weighted by Crippen LogP contribution is 2.23. The van der Waals surface area contributed by atoms with Crippen LogP contribution in [0.4, 0.5) is 0 Å². The first-order valence-corrected chi connectivity index (χ1v) is 10.3. The van der Waals surface area contributed by atoms with E-state index in [-0.39, 0.29) is 11.9 Å². The Labute approximate surface area is 166 Å². The number of methoxy groups -OCH3 is 1. The van der Waals surface area contributed by atoms with Gasteiger partial charge in [0.25, 0.3) is 5.91 Å². The van der Waals surface area contributed by atoms with Crippen LogP contribution in [0.1, 0.15) is 54.2 Å². The summed E-state index contributed by atoms with van der Waals surface area (Å²) in [7, 11) is 1.70. The van der Waals surface area contributed by atoms with Crippen LogP contribution in [0, 0.1) is 0 Å². The van der Waals surface area contributed by atoms with Crippen molar-refractivity contribution in [3.8, 4) is 5.75 Å². The molecule has 1 aromatic heterocycles. The van der Waals surface area contributed by atoms with E-state index in [1.54, 1.807) is 7.11 Å². The van der Waals surface area contributed by atoms with Gasteiger partial charge in [-0.05, 0) is 56.3 Å². The molecule has 4 rings (SSSR count). The van der Waals surface area contributed by atoms with Crippen LogP contribution in [0.25, 0.3) is 0 Å². The number of carbonyl (C=O) groups is 1. The Morgan fingerprint density at radius 1 is 1.18 bits per heavy atom. The molecule has 0 bridgehead atoms. The van der Waals surface area contributed by atoms with E-state index >= 15 is 0 Å². The molecular weight excluding hydrogens is 354 g/mol. The fourth-order valence-corrected chi connectivity index (χ4v) is 4.23. The Morgan fingerprint density at radius 2 is 2.04 bits per heavy atom. The largest absolute Gasteiger partial charge is 0.497 e. The highest BCUT2D eigenvalue weighted by atomic mass is 16.5. The molecule has 2 aliphatic rings. The summed E-state index contributed by atoms with van der Waals surface area (Å²) in [6, 6.07) is 8.49. The summed E-state index contributed by atoms with van der Waals surface area (Å²) >= 11 is 0. The van der Waals surface area contributed by atoms with Gasteiger partial charge >= 0.3 is 0 Å². The Kier molecular flexibility index (Phi) is 5.90. The zero-order valence-corrected chi connectivity index (χ0v) is 16.6. The Morgan fingerprint density at radius 3 is 2.86 bits per heavy atom. The first-order valence-electron chi connectivity index (χ1n) is 10.3. The summed E-state index contributed by atoms with van der Waals surface area (Å²) in [5.74, 6) is 0.915.